The van der Waals surface area contributed by atoms with E-state index in [-0.39, 0.29) is 12.5 Å². The van der Waals surface area contributed by atoms with Crippen molar-refractivity contribution in [1.82, 2.24) is 0 Å². The minimum atomic E-state index is -0.283. The molecule has 0 aliphatic carbocycles. The van der Waals surface area contributed by atoms with Crippen LogP contribution in [0.4, 0.5) is 0 Å². The molecule has 0 radical (unpaired) electrons. The molecule has 1 aromatic rings. The van der Waals surface area contributed by atoms with Gasteiger partial charge in [-0.25, -0.2) is 0 Å². The molecule has 0 aliphatic rings. The largest absolute Gasteiger partial charge is 0.395 e. The van der Waals surface area contributed by atoms with Gasteiger partial charge in [-0.1, -0.05) is 18.2 Å². The molecule has 0 saturated heterocycles. The summed E-state index contributed by atoms with van der Waals surface area (Å²) in [6, 6.07) is 8.18. The summed E-state index contributed by atoms with van der Waals surface area (Å²) in [4.78, 5) is 0. The minimum Gasteiger partial charge on any atom is -0.395 e. The first kappa shape index (κ1) is 10.7. The van der Waals surface area contributed by atoms with E-state index in [0.717, 1.165) is 0 Å². The van der Waals surface area contributed by atoms with Crippen LogP contribution in [-0.2, 0) is 6.42 Å². The van der Waals surface area contributed by atoms with Crippen molar-refractivity contribution in [1.29, 1.82) is 5.26 Å². The van der Waals surface area contributed by atoms with Crippen LogP contribution in [0.3, 0.4) is 0 Å². The van der Waals surface area contributed by atoms with Gasteiger partial charge in [-0.3, -0.25) is 0 Å². The van der Waals surface area contributed by atoms with E-state index in [4.69, 9.17) is 10.4 Å². The van der Waals surface area contributed by atoms with Crippen LogP contribution >= 0.6 is 0 Å². The molecular weight excluding hydrogens is 174 g/mol. The van der Waals surface area contributed by atoms with Crippen molar-refractivity contribution in [2.24, 2.45) is 5.92 Å². The van der Waals surface area contributed by atoms with Crippen molar-refractivity contribution in [3.05, 3.63) is 34.9 Å². The van der Waals surface area contributed by atoms with Crippen molar-refractivity contribution < 1.29 is 5.11 Å². The molecule has 14 heavy (non-hydrogen) atoms. The lowest BCUT2D eigenvalue weighted by molar-refractivity contribution is 0.255. The summed E-state index contributed by atoms with van der Waals surface area (Å²) < 4.78 is 0. The van der Waals surface area contributed by atoms with Crippen LogP contribution in [0.1, 0.15) is 16.7 Å². The lowest BCUT2D eigenvalue weighted by Crippen LogP contribution is -2.09. The van der Waals surface area contributed by atoms with Gasteiger partial charge in [0.1, 0.15) is 0 Å². The first-order chi connectivity index (χ1) is 6.69. The minimum absolute atomic E-state index is 0.0652. The van der Waals surface area contributed by atoms with Gasteiger partial charge in [0.15, 0.2) is 0 Å². The molecule has 1 unspecified atom stereocenters. The third-order valence-corrected chi connectivity index (χ3v) is 2.50. The van der Waals surface area contributed by atoms with Gasteiger partial charge in [0.25, 0.3) is 0 Å². The number of benzene rings is 1. The maximum atomic E-state index is 8.95. The van der Waals surface area contributed by atoms with E-state index in [1.165, 1.54) is 16.7 Å². The van der Waals surface area contributed by atoms with E-state index in [1.54, 1.807) is 0 Å². The fraction of sp³-hybridized carbons (Fsp3) is 0.417. The molecule has 2 heteroatoms. The van der Waals surface area contributed by atoms with E-state index < -0.39 is 0 Å². The van der Waals surface area contributed by atoms with Gasteiger partial charge in [-0.15, -0.1) is 0 Å². The van der Waals surface area contributed by atoms with Crippen molar-refractivity contribution in [2.75, 3.05) is 6.61 Å². The Labute approximate surface area is 84.8 Å². The summed E-state index contributed by atoms with van der Waals surface area (Å²) in [5.74, 6) is -0.283. The molecule has 0 amide bonds. The van der Waals surface area contributed by atoms with Crippen molar-refractivity contribution in [2.45, 2.75) is 20.3 Å². The van der Waals surface area contributed by atoms with Crippen LogP contribution in [-0.4, -0.2) is 11.7 Å². The predicted octanol–water partition coefficient (Wildman–Crippen LogP) is 1.98. The molecule has 0 fully saturated rings. The Hall–Kier alpha value is -1.33. The number of aliphatic hydroxyl groups excluding tert-OH is 1. The van der Waals surface area contributed by atoms with Crippen LogP contribution in [0.15, 0.2) is 18.2 Å². The summed E-state index contributed by atoms with van der Waals surface area (Å²) in [5.41, 5.74) is 3.57. The lowest BCUT2D eigenvalue weighted by Gasteiger charge is -2.11. The molecule has 0 bridgehead atoms. The maximum Gasteiger partial charge on any atom is 0.0734 e. The van der Waals surface area contributed by atoms with Crippen molar-refractivity contribution in [3.8, 4) is 6.07 Å². The van der Waals surface area contributed by atoms with E-state index in [1.807, 2.05) is 32.0 Å². The molecule has 74 valence electrons. The maximum absolute atomic E-state index is 8.95. The third-order valence-electron chi connectivity index (χ3n) is 2.50. The second kappa shape index (κ2) is 4.78. The van der Waals surface area contributed by atoms with Gasteiger partial charge in [0, 0.05) is 0 Å². The average Bonchev–Trinajstić information content (AvgIpc) is 2.18. The summed E-state index contributed by atoms with van der Waals surface area (Å²) in [7, 11) is 0. The highest BCUT2D eigenvalue weighted by Gasteiger charge is 2.10. The highest BCUT2D eigenvalue weighted by Crippen LogP contribution is 2.17. The Balaban J connectivity index is 2.91. The van der Waals surface area contributed by atoms with Gasteiger partial charge in [0.05, 0.1) is 18.6 Å². The second-order valence-corrected chi connectivity index (χ2v) is 3.58. The molecule has 0 saturated carbocycles. The zero-order chi connectivity index (χ0) is 10.6. The predicted molar refractivity (Wildman–Crippen MR) is 55.8 cm³/mol. The average molecular weight is 189 g/mol. The monoisotopic (exact) mass is 189 g/mol. The summed E-state index contributed by atoms with van der Waals surface area (Å²) >= 11 is 0. The van der Waals surface area contributed by atoms with E-state index >= 15 is 0 Å². The number of aliphatic hydroxyl groups is 1. The van der Waals surface area contributed by atoms with E-state index in [0.29, 0.717) is 6.42 Å². The van der Waals surface area contributed by atoms with E-state index in [2.05, 4.69) is 6.07 Å². The standard InChI is InChI=1S/C12H15NO/c1-9-4-3-5-10(2)12(9)6-11(7-13)8-14/h3-5,11,14H,6,8H2,1-2H3. The quantitative estimate of drug-likeness (QED) is 0.790. The molecule has 0 heterocycles. The summed E-state index contributed by atoms with van der Waals surface area (Å²) in [6.07, 6.45) is 0.644. The number of hydrogen-bond acceptors (Lipinski definition) is 2. The molecular formula is C12H15NO. The van der Waals surface area contributed by atoms with E-state index in [9.17, 15) is 0 Å². The number of rotatable bonds is 3. The summed E-state index contributed by atoms with van der Waals surface area (Å²) in [5, 5.41) is 17.7. The topological polar surface area (TPSA) is 44.0 Å². The molecule has 1 rings (SSSR count). The molecule has 1 N–H and O–H groups in total. The number of nitrogens with zero attached hydrogens (tertiary/aromatic N) is 1. The molecule has 0 aromatic heterocycles. The Morgan fingerprint density at radius 1 is 1.36 bits per heavy atom. The number of nitriles is 1. The van der Waals surface area contributed by atoms with Crippen LogP contribution in [0.5, 0.6) is 0 Å². The zero-order valence-corrected chi connectivity index (χ0v) is 8.62. The number of aryl methyl sites for hydroxylation is 2. The van der Waals surface area contributed by atoms with Gasteiger partial charge in [0.2, 0.25) is 0 Å². The van der Waals surface area contributed by atoms with Gasteiger partial charge < -0.3 is 5.11 Å². The van der Waals surface area contributed by atoms with Crippen LogP contribution in [0.2, 0.25) is 0 Å². The zero-order valence-electron chi connectivity index (χ0n) is 8.62. The Bertz CT molecular complexity index is 332. The summed E-state index contributed by atoms with van der Waals surface area (Å²) in [6.45, 7) is 4.01. The molecule has 0 aliphatic heterocycles. The molecule has 1 atom stereocenters. The van der Waals surface area contributed by atoms with Gasteiger partial charge in [-0.05, 0) is 37.0 Å². The SMILES string of the molecule is Cc1cccc(C)c1CC(C#N)CO. The Morgan fingerprint density at radius 2 is 1.93 bits per heavy atom. The fourth-order valence-corrected chi connectivity index (χ4v) is 1.57. The van der Waals surface area contributed by atoms with Gasteiger partial charge >= 0.3 is 0 Å². The van der Waals surface area contributed by atoms with Crippen LogP contribution in [0.25, 0.3) is 0 Å². The Kier molecular flexibility index (Phi) is 3.67. The second-order valence-electron chi connectivity index (χ2n) is 3.58. The highest BCUT2D eigenvalue weighted by atomic mass is 16.3. The van der Waals surface area contributed by atoms with Crippen LogP contribution in [0, 0.1) is 31.1 Å². The molecule has 2 nitrogen and oxygen atoms in total. The first-order valence-corrected chi connectivity index (χ1v) is 4.74. The van der Waals surface area contributed by atoms with Gasteiger partial charge in [-0.2, -0.15) is 5.26 Å². The highest BCUT2D eigenvalue weighted by molar-refractivity contribution is 5.34. The third kappa shape index (κ3) is 2.34. The smallest absolute Gasteiger partial charge is 0.0734 e. The van der Waals surface area contributed by atoms with Crippen LogP contribution < -0.4 is 0 Å². The molecule has 0 spiro atoms. The normalized spacial score (nSPS) is 12.1. The lowest BCUT2D eigenvalue weighted by atomic mass is 9.94. The number of hydrogen-bond donors (Lipinski definition) is 1. The van der Waals surface area contributed by atoms with Crippen molar-refractivity contribution in [3.63, 3.8) is 0 Å². The molecule has 1 aromatic carbocycles. The Morgan fingerprint density at radius 3 is 2.36 bits per heavy atom. The fourth-order valence-electron chi connectivity index (χ4n) is 1.57. The first-order valence-electron chi connectivity index (χ1n) is 4.74. The van der Waals surface area contributed by atoms with Crippen molar-refractivity contribution >= 4 is 0 Å².